The van der Waals surface area contributed by atoms with Crippen molar-refractivity contribution in [1.29, 1.82) is 0 Å². The van der Waals surface area contributed by atoms with Crippen LogP contribution >= 0.6 is 0 Å². The predicted molar refractivity (Wildman–Crippen MR) is 185 cm³/mol. The van der Waals surface area contributed by atoms with Crippen molar-refractivity contribution in [1.82, 2.24) is 0 Å². The van der Waals surface area contributed by atoms with Gasteiger partial charge in [0.2, 0.25) is 5.91 Å². The van der Waals surface area contributed by atoms with E-state index in [9.17, 15) is 9.59 Å². The van der Waals surface area contributed by atoms with Crippen molar-refractivity contribution in [3.8, 4) is 0 Å². The number of nitrogens with two attached hydrogens (primary N) is 2. The summed E-state index contributed by atoms with van der Waals surface area (Å²) in [4.78, 5) is 25.4. The largest absolute Gasteiger partial charge is 0.397 e. The van der Waals surface area contributed by atoms with Crippen molar-refractivity contribution in [2.75, 3.05) is 32.7 Å². The number of amides is 2. The van der Waals surface area contributed by atoms with Crippen LogP contribution in [0.1, 0.15) is 29.8 Å². The number of carbonyl (C=O) groups is 2. The molecule has 0 aliphatic rings. The highest BCUT2D eigenvalue weighted by molar-refractivity contribution is 6.05. The summed E-state index contributed by atoms with van der Waals surface area (Å²) < 4.78 is 4.13. The van der Waals surface area contributed by atoms with Crippen LogP contribution in [0.5, 0.6) is 0 Å². The van der Waals surface area contributed by atoms with Gasteiger partial charge in [-0.25, -0.2) is 9.13 Å². The van der Waals surface area contributed by atoms with E-state index < -0.39 is 0 Å². The van der Waals surface area contributed by atoms with E-state index in [1.807, 2.05) is 61.2 Å². The molecule has 2 heterocycles. The van der Waals surface area contributed by atoms with E-state index >= 15 is 0 Å². The molecule has 8 N–H and O–H groups in total. The van der Waals surface area contributed by atoms with E-state index in [1.165, 1.54) is 6.08 Å². The number of hydrogen-bond acceptors (Lipinski definition) is 6. The van der Waals surface area contributed by atoms with Gasteiger partial charge >= 0.3 is 0 Å². The first-order valence-electron chi connectivity index (χ1n) is 15.0. The average molecular weight is 615 g/mol. The van der Waals surface area contributed by atoms with Crippen LogP contribution in [-0.2, 0) is 17.9 Å². The van der Waals surface area contributed by atoms with E-state index in [4.69, 9.17) is 11.5 Å². The normalized spacial score (nSPS) is 10.8. The van der Waals surface area contributed by atoms with Crippen LogP contribution in [-0.4, -0.2) is 11.8 Å². The fourth-order valence-corrected chi connectivity index (χ4v) is 4.63. The van der Waals surface area contributed by atoms with Gasteiger partial charge in [-0.1, -0.05) is 12.1 Å². The lowest BCUT2D eigenvalue weighted by atomic mass is 10.1. The third-order valence-electron chi connectivity index (χ3n) is 7.30. The summed E-state index contributed by atoms with van der Waals surface area (Å²) in [6, 6.07) is 25.5. The molecule has 0 atom stereocenters. The first kappa shape index (κ1) is 31.3. The van der Waals surface area contributed by atoms with Crippen molar-refractivity contribution in [2.45, 2.75) is 26.9 Å². The van der Waals surface area contributed by atoms with Crippen molar-refractivity contribution in [2.24, 2.45) is 0 Å². The van der Waals surface area contributed by atoms with Gasteiger partial charge in [0.1, 0.15) is 13.1 Å². The lowest BCUT2D eigenvalue weighted by Gasteiger charge is -2.12. The van der Waals surface area contributed by atoms with E-state index in [1.54, 1.807) is 54.6 Å². The predicted octanol–water partition coefficient (Wildman–Crippen LogP) is 5.86. The Morgan fingerprint density at radius 3 is 1.57 bits per heavy atom. The number of aromatic nitrogens is 2. The minimum absolute atomic E-state index is 0.270. The maximum absolute atomic E-state index is 12.9. The van der Waals surface area contributed by atoms with Crippen molar-refractivity contribution >= 4 is 63.4 Å². The Hall–Kier alpha value is -6.16. The second-order valence-electron chi connectivity index (χ2n) is 10.6. The standard InChI is InChI=1S/C36H36N8O2/c1-3-43-19-15-27(16-20-43)39-33-12-10-29(23-31(33)37)41-35(45)14-7-25-5-8-26(9-6-25)36(46)42-30-11-13-34(32(38)24-30)40-28-17-21-44(4-2)22-18-28/h5-24H,3-4,37-38H2,1-2H3,(H2,41,42,45,46)/p+2/b14-7+. The summed E-state index contributed by atoms with van der Waals surface area (Å²) in [5.74, 6) is -0.575. The summed E-state index contributed by atoms with van der Waals surface area (Å²) in [7, 11) is 0. The second kappa shape index (κ2) is 14.5. The third kappa shape index (κ3) is 8.26. The fourth-order valence-electron chi connectivity index (χ4n) is 4.63. The van der Waals surface area contributed by atoms with Crippen LogP contribution in [0.25, 0.3) is 6.08 Å². The van der Waals surface area contributed by atoms with E-state index in [-0.39, 0.29) is 11.8 Å². The molecule has 0 aliphatic carbocycles. The molecule has 3 aromatic carbocycles. The van der Waals surface area contributed by atoms with E-state index in [2.05, 4.69) is 44.2 Å². The Morgan fingerprint density at radius 2 is 1.11 bits per heavy atom. The number of carbonyl (C=O) groups excluding carboxylic acids is 2. The van der Waals surface area contributed by atoms with E-state index in [0.717, 1.165) is 41.4 Å². The first-order valence-corrected chi connectivity index (χ1v) is 15.0. The smallest absolute Gasteiger partial charge is 0.255 e. The number of hydrogen-bond donors (Lipinski definition) is 6. The molecular formula is C36H38N8O2+2. The topological polar surface area (TPSA) is 142 Å². The molecule has 0 fully saturated rings. The van der Waals surface area contributed by atoms with Gasteiger partial charge in [-0.05, 0) is 74.0 Å². The second-order valence-corrected chi connectivity index (χ2v) is 10.6. The molecule has 46 heavy (non-hydrogen) atoms. The summed E-state index contributed by atoms with van der Waals surface area (Å²) >= 11 is 0. The summed E-state index contributed by atoms with van der Waals surface area (Å²) in [6.45, 7) is 5.95. The van der Waals surface area contributed by atoms with E-state index in [0.29, 0.717) is 28.3 Å². The van der Waals surface area contributed by atoms with Gasteiger partial charge in [0.15, 0.2) is 24.8 Å². The lowest BCUT2D eigenvalue weighted by Crippen LogP contribution is -2.30. The molecule has 0 radical (unpaired) electrons. The SMILES string of the molecule is CC[n+]1ccc(Nc2ccc(NC(=O)/C=C/c3ccc(C(=O)Nc4ccc(Nc5cc[n+](CC)cc5)c(N)c4)cc3)cc2N)cc1. The fraction of sp³-hybridized carbons (Fsp3) is 0.111. The number of nitrogen functional groups attached to an aromatic ring is 2. The monoisotopic (exact) mass is 614 g/mol. The highest BCUT2D eigenvalue weighted by atomic mass is 16.2. The van der Waals surface area contributed by atoms with Crippen LogP contribution in [0.2, 0.25) is 0 Å². The Morgan fingerprint density at radius 1 is 0.630 bits per heavy atom. The maximum Gasteiger partial charge on any atom is 0.255 e. The molecule has 2 amide bonds. The van der Waals surface area contributed by atoms with Gasteiger partial charge in [-0.2, -0.15) is 0 Å². The number of nitrogens with zero attached hydrogens (tertiary/aromatic N) is 2. The maximum atomic E-state index is 12.9. The molecule has 5 rings (SSSR count). The highest BCUT2D eigenvalue weighted by Gasteiger charge is 2.09. The molecule has 10 nitrogen and oxygen atoms in total. The van der Waals surface area contributed by atoms with Crippen LogP contribution in [0.3, 0.4) is 0 Å². The molecule has 0 spiro atoms. The average Bonchev–Trinajstić information content (AvgIpc) is 3.07. The molecule has 0 unspecified atom stereocenters. The Labute approximate surface area is 268 Å². The number of pyridine rings is 2. The number of anilines is 8. The number of rotatable bonds is 11. The van der Waals surface area contributed by atoms with Crippen LogP contribution in [0, 0.1) is 0 Å². The molecule has 0 saturated heterocycles. The molecule has 0 bridgehead atoms. The van der Waals surface area contributed by atoms with Crippen molar-refractivity contribution < 1.29 is 18.7 Å². The Kier molecular flexibility index (Phi) is 9.89. The van der Waals surface area contributed by atoms with Gasteiger partial charge in [0, 0.05) is 47.3 Å². The van der Waals surface area contributed by atoms with Crippen LogP contribution < -0.4 is 41.9 Å². The van der Waals surface area contributed by atoms with Gasteiger partial charge < -0.3 is 32.7 Å². The molecule has 5 aromatic rings. The van der Waals surface area contributed by atoms with Crippen LogP contribution in [0.4, 0.5) is 45.5 Å². The number of nitrogens with one attached hydrogen (secondary N) is 4. The minimum atomic E-state index is -0.304. The molecular weight excluding hydrogens is 576 g/mol. The Bertz CT molecular complexity index is 1850. The quantitative estimate of drug-likeness (QED) is 0.0626. The minimum Gasteiger partial charge on any atom is -0.397 e. The van der Waals surface area contributed by atoms with Crippen molar-refractivity contribution in [3.05, 3.63) is 127 Å². The Balaban J connectivity index is 1.12. The van der Waals surface area contributed by atoms with Gasteiger partial charge in [0.05, 0.1) is 34.1 Å². The number of aryl methyl sites for hydroxylation is 2. The lowest BCUT2D eigenvalue weighted by molar-refractivity contribution is -0.693. The van der Waals surface area contributed by atoms with Gasteiger partial charge in [-0.15, -0.1) is 0 Å². The van der Waals surface area contributed by atoms with Crippen molar-refractivity contribution in [3.63, 3.8) is 0 Å². The number of benzene rings is 3. The third-order valence-corrected chi connectivity index (χ3v) is 7.30. The van der Waals surface area contributed by atoms with Gasteiger partial charge in [-0.3, -0.25) is 9.59 Å². The zero-order valence-corrected chi connectivity index (χ0v) is 25.8. The first-order chi connectivity index (χ1) is 22.3. The van der Waals surface area contributed by atoms with Crippen LogP contribution in [0.15, 0.2) is 116 Å². The summed E-state index contributed by atoms with van der Waals surface area (Å²) in [6.07, 6.45) is 11.1. The summed E-state index contributed by atoms with van der Waals surface area (Å²) in [5, 5.41) is 12.3. The summed E-state index contributed by atoms with van der Waals surface area (Å²) in [5.41, 5.74) is 19.2. The molecule has 10 heteroatoms. The zero-order valence-electron chi connectivity index (χ0n) is 25.8. The molecule has 2 aromatic heterocycles. The molecule has 0 aliphatic heterocycles. The molecule has 232 valence electrons. The zero-order chi connectivity index (χ0) is 32.5. The molecule has 0 saturated carbocycles. The highest BCUT2D eigenvalue weighted by Crippen LogP contribution is 2.27. The van der Waals surface area contributed by atoms with Gasteiger partial charge in [0.25, 0.3) is 5.91 Å².